The summed E-state index contributed by atoms with van der Waals surface area (Å²) in [5.74, 6) is 1.02. The molecule has 0 aliphatic rings. The highest BCUT2D eigenvalue weighted by Gasteiger charge is 2.18. The van der Waals surface area contributed by atoms with Crippen LogP contribution in [0.15, 0.2) is 24.8 Å². The average molecular weight is 233 g/mol. The van der Waals surface area contributed by atoms with Gasteiger partial charge >= 0.3 is 0 Å². The molecule has 0 fully saturated rings. The summed E-state index contributed by atoms with van der Waals surface area (Å²) in [6.07, 6.45) is 8.81. The molecule has 17 heavy (non-hydrogen) atoms. The number of hydrogen-bond acceptors (Lipinski definition) is 3. The van der Waals surface area contributed by atoms with E-state index in [9.17, 15) is 0 Å². The second-order valence-corrected chi connectivity index (χ2v) is 4.23. The van der Waals surface area contributed by atoms with Crippen molar-refractivity contribution < 1.29 is 0 Å². The molecule has 2 heterocycles. The Balaban J connectivity index is 2.28. The van der Waals surface area contributed by atoms with Gasteiger partial charge in [-0.1, -0.05) is 6.92 Å². The summed E-state index contributed by atoms with van der Waals surface area (Å²) in [6.45, 7) is 3.12. The average Bonchev–Trinajstić information content (AvgIpc) is 2.90. The molecule has 0 aliphatic carbocycles. The van der Waals surface area contributed by atoms with E-state index in [4.69, 9.17) is 0 Å². The molecule has 92 valence electrons. The van der Waals surface area contributed by atoms with Gasteiger partial charge in [-0.05, 0) is 13.0 Å². The first-order valence-corrected chi connectivity index (χ1v) is 5.91. The molecule has 1 N–H and O–H groups in total. The number of nitrogens with one attached hydrogen (secondary N) is 1. The number of imidazole rings is 1. The molecular weight excluding hydrogens is 214 g/mol. The van der Waals surface area contributed by atoms with Crippen molar-refractivity contribution in [1.82, 2.24) is 24.6 Å². The lowest BCUT2D eigenvalue weighted by atomic mass is 10.1. The first-order chi connectivity index (χ1) is 8.22. The largest absolute Gasteiger partial charge is 0.336 e. The van der Waals surface area contributed by atoms with Crippen molar-refractivity contribution in [2.75, 3.05) is 6.54 Å². The molecule has 0 aromatic carbocycles. The number of hydrogen-bond donors (Lipinski definition) is 1. The predicted octanol–water partition coefficient (Wildman–Crippen LogP) is 1.24. The summed E-state index contributed by atoms with van der Waals surface area (Å²) in [4.78, 5) is 4.42. The van der Waals surface area contributed by atoms with Gasteiger partial charge in [-0.15, -0.1) is 0 Å². The van der Waals surface area contributed by atoms with E-state index in [0.29, 0.717) is 0 Å². The summed E-state index contributed by atoms with van der Waals surface area (Å²) in [5.41, 5.74) is 1.15. The van der Waals surface area contributed by atoms with Crippen LogP contribution in [0.4, 0.5) is 0 Å². The lowest BCUT2D eigenvalue weighted by Gasteiger charge is -2.16. The van der Waals surface area contributed by atoms with Crippen molar-refractivity contribution >= 4 is 0 Å². The van der Waals surface area contributed by atoms with Crippen molar-refractivity contribution in [2.45, 2.75) is 19.4 Å². The Kier molecular flexibility index (Phi) is 3.58. The summed E-state index contributed by atoms with van der Waals surface area (Å²) in [7, 11) is 3.94. The number of aryl methyl sites for hydroxylation is 2. The van der Waals surface area contributed by atoms with E-state index in [2.05, 4.69) is 22.3 Å². The van der Waals surface area contributed by atoms with E-state index in [1.165, 1.54) is 0 Å². The summed E-state index contributed by atoms with van der Waals surface area (Å²) in [6, 6.07) is 0.114. The minimum Gasteiger partial charge on any atom is -0.336 e. The zero-order valence-corrected chi connectivity index (χ0v) is 10.6. The third kappa shape index (κ3) is 2.55. The van der Waals surface area contributed by atoms with Gasteiger partial charge in [0.15, 0.2) is 0 Å². The molecule has 0 bridgehead atoms. The number of nitrogens with zero attached hydrogens (tertiary/aromatic N) is 4. The van der Waals surface area contributed by atoms with E-state index in [1.807, 2.05) is 48.1 Å². The van der Waals surface area contributed by atoms with Gasteiger partial charge < -0.3 is 9.88 Å². The SMILES string of the molecule is CCCNC(c1cnn(C)c1)c1nccn1C. The molecule has 1 unspecified atom stereocenters. The molecular formula is C12H19N5. The zero-order chi connectivity index (χ0) is 12.3. The predicted molar refractivity (Wildman–Crippen MR) is 66.6 cm³/mol. The smallest absolute Gasteiger partial charge is 0.130 e. The van der Waals surface area contributed by atoms with Gasteiger partial charge in [0.2, 0.25) is 0 Å². The quantitative estimate of drug-likeness (QED) is 0.845. The summed E-state index contributed by atoms with van der Waals surface area (Å²) in [5, 5.41) is 7.73. The van der Waals surface area contributed by atoms with Gasteiger partial charge in [0.05, 0.1) is 12.2 Å². The van der Waals surface area contributed by atoms with E-state index in [0.717, 1.165) is 24.4 Å². The molecule has 0 amide bonds. The van der Waals surface area contributed by atoms with Crippen LogP contribution in [0.25, 0.3) is 0 Å². The minimum atomic E-state index is 0.114. The van der Waals surface area contributed by atoms with Crippen LogP contribution in [0.1, 0.15) is 30.8 Å². The second-order valence-electron chi connectivity index (χ2n) is 4.23. The molecule has 5 nitrogen and oxygen atoms in total. The third-order valence-corrected chi connectivity index (χ3v) is 2.77. The van der Waals surface area contributed by atoms with Crippen molar-refractivity contribution in [3.8, 4) is 0 Å². The van der Waals surface area contributed by atoms with Crippen LogP contribution in [-0.2, 0) is 14.1 Å². The fourth-order valence-corrected chi connectivity index (χ4v) is 1.89. The van der Waals surface area contributed by atoms with Crippen LogP contribution < -0.4 is 5.32 Å². The maximum atomic E-state index is 4.42. The Morgan fingerprint density at radius 1 is 1.41 bits per heavy atom. The number of rotatable bonds is 5. The van der Waals surface area contributed by atoms with E-state index < -0.39 is 0 Å². The monoisotopic (exact) mass is 233 g/mol. The van der Waals surface area contributed by atoms with Crippen molar-refractivity contribution in [3.05, 3.63) is 36.2 Å². The molecule has 2 rings (SSSR count). The first kappa shape index (κ1) is 11.9. The maximum Gasteiger partial charge on any atom is 0.130 e. The highest BCUT2D eigenvalue weighted by Crippen LogP contribution is 2.19. The minimum absolute atomic E-state index is 0.114. The van der Waals surface area contributed by atoms with Crippen molar-refractivity contribution in [2.24, 2.45) is 14.1 Å². The Morgan fingerprint density at radius 2 is 2.24 bits per heavy atom. The van der Waals surface area contributed by atoms with Gasteiger partial charge in [0.1, 0.15) is 5.82 Å². The van der Waals surface area contributed by atoms with Gasteiger partial charge in [-0.3, -0.25) is 4.68 Å². The topological polar surface area (TPSA) is 47.7 Å². The molecule has 0 radical (unpaired) electrons. The second kappa shape index (κ2) is 5.14. The van der Waals surface area contributed by atoms with Gasteiger partial charge in [0, 0.05) is 38.2 Å². The van der Waals surface area contributed by atoms with Gasteiger partial charge in [-0.25, -0.2) is 4.98 Å². The summed E-state index contributed by atoms with van der Waals surface area (Å²) >= 11 is 0. The highest BCUT2D eigenvalue weighted by atomic mass is 15.2. The van der Waals surface area contributed by atoms with Crippen LogP contribution in [0.3, 0.4) is 0 Å². The fraction of sp³-hybridized carbons (Fsp3) is 0.500. The maximum absolute atomic E-state index is 4.42. The molecule has 0 spiro atoms. The third-order valence-electron chi connectivity index (χ3n) is 2.77. The van der Waals surface area contributed by atoms with Crippen LogP contribution >= 0.6 is 0 Å². The van der Waals surface area contributed by atoms with Crippen LogP contribution in [0.5, 0.6) is 0 Å². The Labute approximate surface area is 101 Å². The van der Waals surface area contributed by atoms with E-state index >= 15 is 0 Å². The van der Waals surface area contributed by atoms with Crippen molar-refractivity contribution in [3.63, 3.8) is 0 Å². The lowest BCUT2D eigenvalue weighted by Crippen LogP contribution is -2.25. The molecule has 0 aliphatic heterocycles. The molecule has 2 aromatic heterocycles. The van der Waals surface area contributed by atoms with Gasteiger partial charge in [-0.2, -0.15) is 5.10 Å². The first-order valence-electron chi connectivity index (χ1n) is 5.91. The van der Waals surface area contributed by atoms with E-state index in [1.54, 1.807) is 0 Å². The van der Waals surface area contributed by atoms with Crippen LogP contribution in [0.2, 0.25) is 0 Å². The highest BCUT2D eigenvalue weighted by molar-refractivity contribution is 5.20. The molecule has 2 aromatic rings. The molecule has 5 heteroatoms. The Bertz CT molecular complexity index is 471. The van der Waals surface area contributed by atoms with Crippen LogP contribution in [-0.4, -0.2) is 25.9 Å². The normalized spacial score (nSPS) is 12.9. The van der Waals surface area contributed by atoms with Crippen molar-refractivity contribution in [1.29, 1.82) is 0 Å². The lowest BCUT2D eigenvalue weighted by molar-refractivity contribution is 0.555. The fourth-order valence-electron chi connectivity index (χ4n) is 1.89. The van der Waals surface area contributed by atoms with Crippen LogP contribution in [0, 0.1) is 0 Å². The zero-order valence-electron chi connectivity index (χ0n) is 10.6. The molecule has 1 atom stereocenters. The number of aromatic nitrogens is 4. The Morgan fingerprint density at radius 3 is 2.76 bits per heavy atom. The summed E-state index contributed by atoms with van der Waals surface area (Å²) < 4.78 is 3.86. The molecule has 0 saturated heterocycles. The standard InChI is InChI=1S/C12H19N5/c1-4-5-13-11(10-8-15-17(3)9-10)12-14-6-7-16(12)2/h6-9,11,13H,4-5H2,1-3H3. The Hall–Kier alpha value is -1.62. The van der Waals surface area contributed by atoms with E-state index in [-0.39, 0.29) is 6.04 Å². The van der Waals surface area contributed by atoms with Gasteiger partial charge in [0.25, 0.3) is 0 Å². The molecule has 0 saturated carbocycles.